The van der Waals surface area contributed by atoms with Crippen molar-refractivity contribution < 1.29 is 18.0 Å². The predicted octanol–water partition coefficient (Wildman–Crippen LogP) is 3.52. The minimum Gasteiger partial charge on any atom is -0.284 e. The van der Waals surface area contributed by atoms with E-state index in [2.05, 4.69) is 39.3 Å². The Balaban J connectivity index is 3.51. The molecular weight excluding hydrogens is 297 g/mol. The van der Waals surface area contributed by atoms with Crippen LogP contribution in [0.3, 0.4) is 0 Å². The molecule has 0 atom stereocenters. The Labute approximate surface area is 120 Å². The Kier molecular flexibility index (Phi) is 4.42. The number of halogens is 3. The van der Waals surface area contributed by atoms with Gasteiger partial charge in [-0.25, -0.2) is 0 Å². The molecule has 0 heterocycles. The van der Waals surface area contributed by atoms with E-state index in [1.54, 1.807) is 0 Å². The summed E-state index contributed by atoms with van der Waals surface area (Å²) >= 11 is 0. The van der Waals surface area contributed by atoms with Gasteiger partial charge in [0.25, 0.3) is 5.78 Å². The number of Topliss-reactive ketones (excluding diaryl/α,β-unsaturated/α-hetero) is 1. The summed E-state index contributed by atoms with van der Waals surface area (Å²) < 4.78 is 38.0. The van der Waals surface area contributed by atoms with Gasteiger partial charge in [0.05, 0.1) is 16.1 Å². The fraction of sp³-hybridized carbons (Fsp3) is 0.500. The molecule has 0 saturated carbocycles. The van der Waals surface area contributed by atoms with Crippen molar-refractivity contribution in [1.29, 1.82) is 0 Å². The molecular formula is C14H21F3OSi2. The zero-order chi connectivity index (χ0) is 15.9. The summed E-state index contributed by atoms with van der Waals surface area (Å²) in [6.45, 7) is 12.4. The molecule has 0 aliphatic carbocycles. The molecule has 1 aromatic rings. The molecule has 0 unspecified atom stereocenters. The molecule has 1 aromatic carbocycles. The molecule has 0 bridgehead atoms. The fourth-order valence-electron chi connectivity index (χ4n) is 1.79. The van der Waals surface area contributed by atoms with Crippen molar-refractivity contribution in [3.05, 3.63) is 23.8 Å². The summed E-state index contributed by atoms with van der Waals surface area (Å²) in [6, 6.07) is 4.88. The number of hydrogen-bond donors (Lipinski definition) is 0. The van der Waals surface area contributed by atoms with Crippen LogP contribution in [0.5, 0.6) is 0 Å². The minimum atomic E-state index is -4.81. The van der Waals surface area contributed by atoms with Crippen LogP contribution in [-0.4, -0.2) is 28.1 Å². The van der Waals surface area contributed by atoms with E-state index in [1.807, 2.05) is 6.07 Å². The van der Waals surface area contributed by atoms with Gasteiger partial charge >= 0.3 is 6.18 Å². The van der Waals surface area contributed by atoms with Crippen molar-refractivity contribution in [1.82, 2.24) is 0 Å². The second-order valence-electron chi connectivity index (χ2n) is 7.13. The van der Waals surface area contributed by atoms with Gasteiger partial charge in [0.15, 0.2) is 0 Å². The Morgan fingerprint density at radius 3 is 1.45 bits per heavy atom. The van der Waals surface area contributed by atoms with E-state index < -0.39 is 28.1 Å². The van der Waals surface area contributed by atoms with Gasteiger partial charge in [-0.15, -0.1) is 0 Å². The number of hydrogen-bond acceptors (Lipinski definition) is 1. The molecule has 0 fully saturated rings. The van der Waals surface area contributed by atoms with E-state index in [4.69, 9.17) is 0 Å². The minimum absolute atomic E-state index is 0.213. The first kappa shape index (κ1) is 17.2. The zero-order valence-electron chi connectivity index (χ0n) is 12.8. The monoisotopic (exact) mass is 318 g/mol. The van der Waals surface area contributed by atoms with Crippen LogP contribution in [0.1, 0.15) is 10.4 Å². The number of alkyl halides is 3. The van der Waals surface area contributed by atoms with Gasteiger partial charge < -0.3 is 0 Å². The number of ketones is 1. The van der Waals surface area contributed by atoms with Crippen molar-refractivity contribution in [2.24, 2.45) is 0 Å². The lowest BCUT2D eigenvalue weighted by Gasteiger charge is -2.24. The number of rotatable bonds is 3. The molecule has 6 heteroatoms. The van der Waals surface area contributed by atoms with E-state index in [0.717, 1.165) is 10.4 Å². The maximum Gasteiger partial charge on any atom is 0.454 e. The van der Waals surface area contributed by atoms with Gasteiger partial charge in [0, 0.05) is 5.56 Å². The molecule has 0 aliphatic heterocycles. The number of carbonyl (C=O) groups is 1. The SMILES string of the molecule is C[Si](C)(C)c1cc(C(=O)C(F)(F)F)cc([Si](C)(C)C)c1. The molecule has 0 aromatic heterocycles. The fourth-order valence-corrected chi connectivity index (χ4v) is 4.29. The van der Waals surface area contributed by atoms with Crippen LogP contribution in [0.4, 0.5) is 13.2 Å². The van der Waals surface area contributed by atoms with Crippen LogP contribution in [0, 0.1) is 0 Å². The predicted molar refractivity (Wildman–Crippen MR) is 82.8 cm³/mol. The van der Waals surface area contributed by atoms with Crippen LogP contribution in [-0.2, 0) is 0 Å². The average molecular weight is 318 g/mol. The van der Waals surface area contributed by atoms with Crippen molar-refractivity contribution in [2.75, 3.05) is 0 Å². The van der Waals surface area contributed by atoms with Crippen molar-refractivity contribution in [2.45, 2.75) is 45.5 Å². The molecule has 20 heavy (non-hydrogen) atoms. The molecule has 1 rings (SSSR count). The number of carbonyl (C=O) groups excluding carboxylic acids is 1. The first-order valence-electron chi connectivity index (χ1n) is 6.50. The highest BCUT2D eigenvalue weighted by molar-refractivity contribution is 6.91. The zero-order valence-corrected chi connectivity index (χ0v) is 14.8. The molecule has 112 valence electrons. The number of benzene rings is 1. The van der Waals surface area contributed by atoms with Gasteiger partial charge in [-0.1, -0.05) is 67.9 Å². The molecule has 0 saturated heterocycles. The van der Waals surface area contributed by atoms with E-state index in [-0.39, 0.29) is 5.56 Å². The summed E-state index contributed by atoms with van der Waals surface area (Å²) in [5.74, 6) is -1.74. The standard InChI is InChI=1S/C14H21F3OSi2/c1-19(2,3)11-7-10(13(18)14(15,16)17)8-12(9-11)20(4,5)6/h7-9H,1-6H3. The van der Waals surface area contributed by atoms with E-state index in [1.165, 1.54) is 12.1 Å². The third-order valence-electron chi connectivity index (χ3n) is 3.18. The first-order valence-corrected chi connectivity index (χ1v) is 13.5. The van der Waals surface area contributed by atoms with Crippen molar-refractivity contribution >= 4 is 32.3 Å². The molecule has 0 N–H and O–H groups in total. The topological polar surface area (TPSA) is 17.1 Å². The maximum absolute atomic E-state index is 12.7. The molecule has 0 radical (unpaired) electrons. The third kappa shape index (κ3) is 4.05. The molecule has 1 nitrogen and oxygen atoms in total. The van der Waals surface area contributed by atoms with Crippen LogP contribution < -0.4 is 10.4 Å². The second-order valence-corrected chi connectivity index (χ2v) is 17.3. The summed E-state index contributed by atoms with van der Waals surface area (Å²) in [6.07, 6.45) is -4.81. The third-order valence-corrected chi connectivity index (χ3v) is 7.23. The van der Waals surface area contributed by atoms with Crippen LogP contribution in [0.2, 0.25) is 39.3 Å². The van der Waals surface area contributed by atoms with Crippen LogP contribution in [0.15, 0.2) is 18.2 Å². The quantitative estimate of drug-likeness (QED) is 0.615. The Hall–Kier alpha value is -0.886. The summed E-state index contributed by atoms with van der Waals surface area (Å²) in [5.41, 5.74) is -0.213. The van der Waals surface area contributed by atoms with Gasteiger partial charge in [-0.2, -0.15) is 13.2 Å². The van der Waals surface area contributed by atoms with Crippen LogP contribution in [0.25, 0.3) is 0 Å². The molecule has 0 spiro atoms. The smallest absolute Gasteiger partial charge is 0.284 e. The average Bonchev–Trinajstić information content (AvgIpc) is 2.23. The largest absolute Gasteiger partial charge is 0.454 e. The lowest BCUT2D eigenvalue weighted by molar-refractivity contribution is -0.0885. The van der Waals surface area contributed by atoms with Crippen LogP contribution >= 0.6 is 0 Å². The lowest BCUT2D eigenvalue weighted by Crippen LogP contribution is -2.46. The van der Waals surface area contributed by atoms with Crippen molar-refractivity contribution in [3.63, 3.8) is 0 Å². The first-order chi connectivity index (χ1) is 8.73. The highest BCUT2D eigenvalue weighted by Gasteiger charge is 2.40. The summed E-state index contributed by atoms with van der Waals surface area (Å²) in [5, 5.41) is 1.81. The van der Waals surface area contributed by atoms with Gasteiger partial charge in [-0.3, -0.25) is 4.79 Å². The van der Waals surface area contributed by atoms with Gasteiger partial charge in [-0.05, 0) is 0 Å². The van der Waals surface area contributed by atoms with E-state index >= 15 is 0 Å². The van der Waals surface area contributed by atoms with Gasteiger partial charge in [0.1, 0.15) is 0 Å². The van der Waals surface area contributed by atoms with Gasteiger partial charge in [0.2, 0.25) is 0 Å². The Morgan fingerprint density at radius 1 is 0.850 bits per heavy atom. The maximum atomic E-state index is 12.7. The summed E-state index contributed by atoms with van der Waals surface area (Å²) in [7, 11) is -3.55. The Bertz CT molecular complexity index is 490. The molecule has 0 amide bonds. The van der Waals surface area contributed by atoms with E-state index in [9.17, 15) is 18.0 Å². The second kappa shape index (κ2) is 5.14. The summed E-state index contributed by atoms with van der Waals surface area (Å²) in [4.78, 5) is 11.5. The molecule has 0 aliphatic rings. The van der Waals surface area contributed by atoms with E-state index in [0.29, 0.717) is 0 Å². The van der Waals surface area contributed by atoms with Crippen molar-refractivity contribution in [3.8, 4) is 0 Å². The normalized spacial score (nSPS) is 13.4. The highest BCUT2D eigenvalue weighted by atomic mass is 28.3. The lowest BCUT2D eigenvalue weighted by atomic mass is 10.1. The highest BCUT2D eigenvalue weighted by Crippen LogP contribution is 2.21. The Morgan fingerprint density at radius 2 is 1.20 bits per heavy atom.